The number of halogens is 2. The third kappa shape index (κ3) is 5.46. The van der Waals surface area contributed by atoms with Crippen LogP contribution in [0.5, 0.6) is 5.88 Å². The molecule has 0 saturated carbocycles. The monoisotopic (exact) mass is 559 g/mol. The number of sulfonamides is 1. The van der Waals surface area contributed by atoms with Crippen LogP contribution in [-0.2, 0) is 21.4 Å². The van der Waals surface area contributed by atoms with Crippen molar-refractivity contribution in [2.24, 2.45) is 5.92 Å². The van der Waals surface area contributed by atoms with E-state index < -0.39 is 26.7 Å². The quantitative estimate of drug-likeness (QED) is 0.338. The number of nitrogens with one attached hydrogen (secondary N) is 2. The summed E-state index contributed by atoms with van der Waals surface area (Å²) in [7, 11) is -1.52. The predicted molar refractivity (Wildman–Crippen MR) is 141 cm³/mol. The van der Waals surface area contributed by atoms with Crippen LogP contribution < -0.4 is 20.3 Å². The number of fused-ring (bicyclic) bond motifs is 1. The SMILES string of the molecule is CNC(=O)[C@@H](C)Cn1cnc2ccc(-c3cnc(OC)c(NS(=O)(=O)c4ccc(Cl)cc4F)c3)cc2c1=O. The number of amides is 1. The molecule has 0 unspecified atom stereocenters. The van der Waals surface area contributed by atoms with Crippen molar-refractivity contribution in [1.29, 1.82) is 0 Å². The first-order chi connectivity index (χ1) is 18.0. The second-order valence-corrected chi connectivity index (χ2v) is 10.5. The van der Waals surface area contributed by atoms with E-state index in [0.29, 0.717) is 22.0 Å². The maximum absolute atomic E-state index is 14.3. The van der Waals surface area contributed by atoms with Crippen LogP contribution in [0.25, 0.3) is 22.0 Å². The van der Waals surface area contributed by atoms with Crippen LogP contribution in [0.3, 0.4) is 0 Å². The van der Waals surface area contributed by atoms with Gasteiger partial charge >= 0.3 is 0 Å². The van der Waals surface area contributed by atoms with E-state index in [9.17, 15) is 22.4 Å². The van der Waals surface area contributed by atoms with E-state index in [1.165, 1.54) is 43.4 Å². The fraction of sp³-hybridized carbons (Fsp3) is 0.200. The maximum atomic E-state index is 14.3. The van der Waals surface area contributed by atoms with Crippen molar-refractivity contribution in [3.05, 3.63) is 76.2 Å². The van der Waals surface area contributed by atoms with Crippen LogP contribution >= 0.6 is 11.6 Å². The number of pyridine rings is 1. The molecule has 0 aliphatic heterocycles. The second-order valence-electron chi connectivity index (χ2n) is 8.41. The normalized spacial score (nSPS) is 12.2. The number of benzene rings is 2. The van der Waals surface area contributed by atoms with Gasteiger partial charge in [0.05, 0.1) is 30.3 Å². The minimum atomic E-state index is -4.36. The molecule has 1 amide bonds. The molecule has 1 atom stereocenters. The lowest BCUT2D eigenvalue weighted by atomic mass is 10.0. The molecule has 4 rings (SSSR count). The molecule has 0 radical (unpaired) electrons. The van der Waals surface area contributed by atoms with Gasteiger partial charge in [-0.05, 0) is 42.0 Å². The summed E-state index contributed by atoms with van der Waals surface area (Å²) in [5.74, 6) is -1.72. The zero-order valence-electron chi connectivity index (χ0n) is 20.5. The van der Waals surface area contributed by atoms with Gasteiger partial charge in [0.2, 0.25) is 11.8 Å². The maximum Gasteiger partial charge on any atom is 0.264 e. The number of carbonyl (C=O) groups excluding carboxylic acids is 1. The summed E-state index contributed by atoms with van der Waals surface area (Å²) in [6, 6.07) is 9.62. The van der Waals surface area contributed by atoms with Gasteiger partial charge in [0.1, 0.15) is 16.4 Å². The van der Waals surface area contributed by atoms with Crippen LogP contribution in [0.4, 0.5) is 10.1 Å². The molecule has 0 spiro atoms. The van der Waals surface area contributed by atoms with Crippen LogP contribution in [0, 0.1) is 11.7 Å². The van der Waals surface area contributed by atoms with Crippen molar-refractivity contribution >= 4 is 44.1 Å². The minimum Gasteiger partial charge on any atom is -0.480 e. The zero-order chi connectivity index (χ0) is 27.6. The third-order valence-corrected chi connectivity index (χ3v) is 7.43. The fourth-order valence-corrected chi connectivity index (χ4v) is 5.10. The van der Waals surface area contributed by atoms with Gasteiger partial charge in [-0.1, -0.05) is 24.6 Å². The molecule has 198 valence electrons. The fourth-order valence-electron chi connectivity index (χ4n) is 3.83. The van der Waals surface area contributed by atoms with Crippen molar-refractivity contribution in [3.8, 4) is 17.0 Å². The van der Waals surface area contributed by atoms with Crippen LogP contribution in [0.1, 0.15) is 6.92 Å². The number of aromatic nitrogens is 3. The summed E-state index contributed by atoms with van der Waals surface area (Å²) < 4.78 is 49.0. The number of methoxy groups -OCH3 is 1. The summed E-state index contributed by atoms with van der Waals surface area (Å²) >= 11 is 5.74. The molecule has 2 aromatic carbocycles. The first kappa shape index (κ1) is 27.0. The van der Waals surface area contributed by atoms with E-state index in [1.54, 1.807) is 25.1 Å². The largest absolute Gasteiger partial charge is 0.480 e. The van der Waals surface area contributed by atoms with Gasteiger partial charge in [-0.3, -0.25) is 18.9 Å². The zero-order valence-corrected chi connectivity index (χ0v) is 22.1. The van der Waals surface area contributed by atoms with Crippen molar-refractivity contribution in [2.45, 2.75) is 18.4 Å². The molecular weight excluding hydrogens is 537 g/mol. The Morgan fingerprint density at radius 2 is 1.92 bits per heavy atom. The Morgan fingerprint density at radius 1 is 1.16 bits per heavy atom. The van der Waals surface area contributed by atoms with Gasteiger partial charge in [0.15, 0.2) is 0 Å². The van der Waals surface area contributed by atoms with Crippen molar-refractivity contribution < 1.29 is 22.3 Å². The number of hydrogen-bond donors (Lipinski definition) is 2. The third-order valence-electron chi connectivity index (χ3n) is 5.79. The second kappa shape index (κ2) is 10.8. The number of hydrogen-bond acceptors (Lipinski definition) is 7. The molecule has 10 nitrogen and oxygen atoms in total. The van der Waals surface area contributed by atoms with Crippen molar-refractivity contribution in [3.63, 3.8) is 0 Å². The Hall–Kier alpha value is -4.03. The van der Waals surface area contributed by atoms with Gasteiger partial charge in [-0.15, -0.1) is 0 Å². The summed E-state index contributed by atoms with van der Waals surface area (Å²) in [5, 5.41) is 2.90. The van der Waals surface area contributed by atoms with Gasteiger partial charge < -0.3 is 10.1 Å². The van der Waals surface area contributed by atoms with Crippen molar-refractivity contribution in [1.82, 2.24) is 19.9 Å². The first-order valence-corrected chi connectivity index (χ1v) is 13.1. The van der Waals surface area contributed by atoms with E-state index in [0.717, 1.165) is 12.1 Å². The van der Waals surface area contributed by atoms with Crippen LogP contribution in [-0.4, -0.2) is 43.0 Å². The Labute approximate surface area is 222 Å². The molecule has 0 saturated heterocycles. The lowest BCUT2D eigenvalue weighted by Crippen LogP contribution is -2.32. The average Bonchev–Trinajstić information content (AvgIpc) is 2.89. The standard InChI is InChI=1S/C25H23ClFN5O5S/c1-14(23(33)28-2)12-32-13-30-20-6-4-15(8-18(20)25(32)34)16-9-21(24(37-3)29-11-16)31-38(35,36)22-7-5-17(26)10-19(22)27/h4-11,13-14,31H,12H2,1-3H3,(H,28,33)/t14-/m0/s1. The highest BCUT2D eigenvalue weighted by atomic mass is 35.5. The molecule has 2 N–H and O–H groups in total. The highest BCUT2D eigenvalue weighted by molar-refractivity contribution is 7.92. The van der Waals surface area contributed by atoms with E-state index in [1.807, 2.05) is 0 Å². The van der Waals surface area contributed by atoms with Crippen LogP contribution in [0.2, 0.25) is 5.02 Å². The predicted octanol–water partition coefficient (Wildman–Crippen LogP) is 3.44. The van der Waals surface area contributed by atoms with Gasteiger partial charge in [0.25, 0.3) is 15.6 Å². The first-order valence-electron chi connectivity index (χ1n) is 11.3. The summed E-state index contributed by atoms with van der Waals surface area (Å²) in [4.78, 5) is 32.9. The summed E-state index contributed by atoms with van der Waals surface area (Å²) in [5.41, 5.74) is 1.07. The molecule has 0 aliphatic rings. The Balaban J connectivity index is 1.73. The molecule has 38 heavy (non-hydrogen) atoms. The molecule has 2 aromatic heterocycles. The van der Waals surface area contributed by atoms with Crippen LogP contribution in [0.15, 0.2) is 64.7 Å². The lowest BCUT2D eigenvalue weighted by molar-refractivity contribution is -0.124. The Bertz CT molecular complexity index is 1710. The molecule has 0 fully saturated rings. The minimum absolute atomic E-state index is 0.0394. The Morgan fingerprint density at radius 3 is 2.61 bits per heavy atom. The number of rotatable bonds is 8. The summed E-state index contributed by atoms with van der Waals surface area (Å²) in [6.45, 7) is 1.84. The molecule has 0 bridgehead atoms. The topological polar surface area (TPSA) is 132 Å². The van der Waals surface area contributed by atoms with E-state index >= 15 is 0 Å². The van der Waals surface area contributed by atoms with E-state index in [4.69, 9.17) is 16.3 Å². The number of anilines is 1. The molecule has 4 aromatic rings. The van der Waals surface area contributed by atoms with E-state index in [-0.39, 0.29) is 34.6 Å². The molecular formula is C25H23ClFN5O5S. The van der Waals surface area contributed by atoms with Gasteiger partial charge in [0, 0.05) is 30.4 Å². The summed E-state index contributed by atoms with van der Waals surface area (Å²) in [6.07, 6.45) is 2.84. The van der Waals surface area contributed by atoms with E-state index in [2.05, 4.69) is 20.0 Å². The lowest BCUT2D eigenvalue weighted by Gasteiger charge is -2.14. The number of ether oxygens (including phenoxy) is 1. The highest BCUT2D eigenvalue weighted by Crippen LogP contribution is 2.31. The molecule has 2 heterocycles. The van der Waals surface area contributed by atoms with Gasteiger partial charge in [-0.2, -0.15) is 0 Å². The number of carbonyl (C=O) groups is 1. The van der Waals surface area contributed by atoms with Gasteiger partial charge in [-0.25, -0.2) is 22.8 Å². The average molecular weight is 560 g/mol. The van der Waals surface area contributed by atoms with Crippen molar-refractivity contribution in [2.75, 3.05) is 18.9 Å². The Kier molecular flexibility index (Phi) is 7.65. The highest BCUT2D eigenvalue weighted by Gasteiger charge is 2.22. The smallest absolute Gasteiger partial charge is 0.264 e. The molecule has 13 heteroatoms. The molecule has 0 aliphatic carbocycles. The number of nitrogens with zero attached hydrogens (tertiary/aromatic N) is 3.